The van der Waals surface area contributed by atoms with Gasteiger partial charge in [-0.25, -0.2) is 0 Å². The zero-order valence-electron chi connectivity index (χ0n) is 11.4. The highest BCUT2D eigenvalue weighted by molar-refractivity contribution is 5.78. The molecule has 0 radical (unpaired) electrons. The first-order chi connectivity index (χ1) is 9.95. The maximum atomic E-state index is 12.7. The SMILES string of the molecule is O=C(CNCC1CC1)N1CCn2c(nnc2C(F)(F)F)C1. The van der Waals surface area contributed by atoms with E-state index in [1.165, 1.54) is 17.7 Å². The van der Waals surface area contributed by atoms with Gasteiger partial charge in [0.05, 0.1) is 13.1 Å². The predicted molar refractivity (Wildman–Crippen MR) is 66.0 cm³/mol. The van der Waals surface area contributed by atoms with Crippen molar-refractivity contribution in [2.45, 2.75) is 32.1 Å². The molecule has 0 aromatic carbocycles. The van der Waals surface area contributed by atoms with Crippen LogP contribution in [0.25, 0.3) is 0 Å². The Balaban J connectivity index is 1.59. The van der Waals surface area contributed by atoms with Gasteiger partial charge in [-0.05, 0) is 25.3 Å². The molecule has 1 amide bonds. The molecule has 9 heteroatoms. The van der Waals surface area contributed by atoms with Crippen molar-refractivity contribution in [3.05, 3.63) is 11.6 Å². The second kappa shape index (κ2) is 5.28. The van der Waals surface area contributed by atoms with Gasteiger partial charge in [0.2, 0.25) is 11.7 Å². The third-order valence-corrected chi connectivity index (χ3v) is 3.77. The minimum Gasteiger partial charge on any atom is -0.332 e. The monoisotopic (exact) mass is 303 g/mol. The van der Waals surface area contributed by atoms with Gasteiger partial charge in [-0.3, -0.25) is 4.79 Å². The topological polar surface area (TPSA) is 63.1 Å². The summed E-state index contributed by atoms with van der Waals surface area (Å²) in [6, 6.07) is 0. The molecule has 1 fully saturated rings. The zero-order valence-corrected chi connectivity index (χ0v) is 11.4. The van der Waals surface area contributed by atoms with Crippen LogP contribution in [0, 0.1) is 5.92 Å². The van der Waals surface area contributed by atoms with Crippen molar-refractivity contribution in [2.24, 2.45) is 5.92 Å². The third kappa shape index (κ3) is 3.17. The van der Waals surface area contributed by atoms with Crippen LogP contribution < -0.4 is 5.32 Å². The first-order valence-electron chi connectivity index (χ1n) is 6.93. The first kappa shape index (κ1) is 14.3. The number of nitrogens with one attached hydrogen (secondary N) is 1. The Morgan fingerprint density at radius 3 is 2.71 bits per heavy atom. The van der Waals surface area contributed by atoms with Gasteiger partial charge in [-0.15, -0.1) is 10.2 Å². The molecule has 0 saturated heterocycles. The summed E-state index contributed by atoms with van der Waals surface area (Å²) < 4.78 is 39.1. The number of hydrogen-bond acceptors (Lipinski definition) is 4. The summed E-state index contributed by atoms with van der Waals surface area (Å²) in [6.45, 7) is 1.45. The second-order valence-corrected chi connectivity index (χ2v) is 5.48. The molecule has 6 nitrogen and oxygen atoms in total. The average Bonchev–Trinajstić information content (AvgIpc) is 3.13. The molecule has 1 saturated carbocycles. The lowest BCUT2D eigenvalue weighted by Crippen LogP contribution is -2.43. The molecule has 0 bridgehead atoms. The van der Waals surface area contributed by atoms with Crippen LogP contribution in [0.15, 0.2) is 0 Å². The molecule has 21 heavy (non-hydrogen) atoms. The lowest BCUT2D eigenvalue weighted by Gasteiger charge is -2.28. The number of alkyl halides is 3. The van der Waals surface area contributed by atoms with E-state index in [1.807, 2.05) is 0 Å². The van der Waals surface area contributed by atoms with Crippen LogP contribution in [-0.2, 0) is 24.1 Å². The number of carbonyl (C=O) groups is 1. The van der Waals surface area contributed by atoms with Crippen molar-refractivity contribution >= 4 is 5.91 Å². The molecular formula is C12H16F3N5O. The van der Waals surface area contributed by atoms with Crippen molar-refractivity contribution in [2.75, 3.05) is 19.6 Å². The molecule has 1 aromatic rings. The van der Waals surface area contributed by atoms with E-state index in [0.717, 1.165) is 11.1 Å². The Kier molecular flexibility index (Phi) is 3.60. The molecule has 0 atom stereocenters. The predicted octanol–water partition coefficient (Wildman–Crippen LogP) is 0.639. The standard InChI is InChI=1S/C12H16F3N5O/c13-12(14,15)11-18-17-9-7-19(3-4-20(9)11)10(21)6-16-5-8-1-2-8/h8,16H,1-7H2. The summed E-state index contributed by atoms with van der Waals surface area (Å²) in [6.07, 6.45) is -2.11. The number of hydrogen-bond donors (Lipinski definition) is 1. The number of aromatic nitrogens is 3. The Morgan fingerprint density at radius 1 is 1.29 bits per heavy atom. The number of nitrogens with zero attached hydrogens (tertiary/aromatic N) is 4. The molecule has 116 valence electrons. The molecule has 2 heterocycles. The van der Waals surface area contributed by atoms with Crippen LogP contribution in [0.2, 0.25) is 0 Å². The first-order valence-corrected chi connectivity index (χ1v) is 6.93. The number of rotatable bonds is 4. The minimum atomic E-state index is -4.51. The third-order valence-electron chi connectivity index (χ3n) is 3.77. The molecule has 1 aliphatic carbocycles. The van der Waals surface area contributed by atoms with E-state index in [9.17, 15) is 18.0 Å². The Hall–Kier alpha value is -1.64. The van der Waals surface area contributed by atoms with Gasteiger partial charge in [0.25, 0.3) is 0 Å². The summed E-state index contributed by atoms with van der Waals surface area (Å²) in [4.78, 5) is 13.5. The van der Waals surface area contributed by atoms with Crippen LogP contribution in [0.3, 0.4) is 0 Å². The maximum absolute atomic E-state index is 12.7. The largest absolute Gasteiger partial charge is 0.451 e. The number of carbonyl (C=O) groups excluding carboxylic acids is 1. The van der Waals surface area contributed by atoms with Gasteiger partial charge in [0.15, 0.2) is 5.82 Å². The van der Waals surface area contributed by atoms with Crippen LogP contribution in [0.1, 0.15) is 24.5 Å². The van der Waals surface area contributed by atoms with Gasteiger partial charge in [-0.2, -0.15) is 13.2 Å². The molecule has 1 N–H and O–H groups in total. The van der Waals surface area contributed by atoms with E-state index < -0.39 is 12.0 Å². The number of halogens is 3. The quantitative estimate of drug-likeness (QED) is 0.886. The highest BCUT2D eigenvalue weighted by Gasteiger charge is 2.39. The molecule has 1 aromatic heterocycles. The molecule has 3 rings (SSSR count). The van der Waals surface area contributed by atoms with Crippen LogP contribution >= 0.6 is 0 Å². The number of fused-ring (bicyclic) bond motifs is 1. The van der Waals surface area contributed by atoms with Gasteiger partial charge in [-0.1, -0.05) is 0 Å². The van der Waals surface area contributed by atoms with Gasteiger partial charge in [0, 0.05) is 13.1 Å². The molecule has 1 aliphatic heterocycles. The summed E-state index contributed by atoms with van der Waals surface area (Å²) in [7, 11) is 0. The molecule has 0 unspecified atom stereocenters. The van der Waals surface area contributed by atoms with Gasteiger partial charge in [0.1, 0.15) is 0 Å². The summed E-state index contributed by atoms with van der Waals surface area (Å²) in [5.74, 6) is -0.240. The Labute approximate surface area is 119 Å². The van der Waals surface area contributed by atoms with Crippen LogP contribution in [0.4, 0.5) is 13.2 Å². The number of amides is 1. The highest BCUT2D eigenvalue weighted by Crippen LogP contribution is 2.29. The van der Waals surface area contributed by atoms with E-state index in [4.69, 9.17) is 0 Å². The fourth-order valence-electron chi connectivity index (χ4n) is 2.40. The lowest BCUT2D eigenvalue weighted by molar-refractivity contribution is -0.148. The lowest BCUT2D eigenvalue weighted by atomic mass is 10.3. The van der Waals surface area contributed by atoms with E-state index in [2.05, 4.69) is 15.5 Å². The van der Waals surface area contributed by atoms with E-state index in [0.29, 0.717) is 5.92 Å². The summed E-state index contributed by atoms with van der Waals surface area (Å²) in [5.41, 5.74) is 0. The van der Waals surface area contributed by atoms with Crippen molar-refractivity contribution in [1.82, 2.24) is 25.0 Å². The summed E-state index contributed by atoms with van der Waals surface area (Å²) >= 11 is 0. The van der Waals surface area contributed by atoms with Crippen LogP contribution in [0.5, 0.6) is 0 Å². The molecule has 0 spiro atoms. The normalized spacial score (nSPS) is 18.7. The Morgan fingerprint density at radius 2 is 2.05 bits per heavy atom. The van der Waals surface area contributed by atoms with Crippen LogP contribution in [-0.4, -0.2) is 45.2 Å². The Bertz CT molecular complexity index is 537. The fourth-order valence-corrected chi connectivity index (χ4v) is 2.40. The van der Waals surface area contributed by atoms with Crippen molar-refractivity contribution in [3.8, 4) is 0 Å². The highest BCUT2D eigenvalue weighted by atomic mass is 19.4. The smallest absolute Gasteiger partial charge is 0.332 e. The average molecular weight is 303 g/mol. The van der Waals surface area contributed by atoms with Crippen molar-refractivity contribution in [1.29, 1.82) is 0 Å². The van der Waals surface area contributed by atoms with Crippen molar-refractivity contribution < 1.29 is 18.0 Å². The maximum Gasteiger partial charge on any atom is 0.451 e. The fraction of sp³-hybridized carbons (Fsp3) is 0.750. The minimum absolute atomic E-state index is 0.0749. The second-order valence-electron chi connectivity index (χ2n) is 5.48. The summed E-state index contributed by atoms with van der Waals surface area (Å²) in [5, 5.41) is 9.83. The zero-order chi connectivity index (χ0) is 15.0. The van der Waals surface area contributed by atoms with E-state index in [1.54, 1.807) is 0 Å². The van der Waals surface area contributed by atoms with E-state index >= 15 is 0 Å². The van der Waals surface area contributed by atoms with E-state index in [-0.39, 0.29) is 37.9 Å². The molecule has 2 aliphatic rings. The van der Waals surface area contributed by atoms with Gasteiger partial charge < -0.3 is 14.8 Å². The van der Waals surface area contributed by atoms with Crippen molar-refractivity contribution in [3.63, 3.8) is 0 Å². The molecular weight excluding hydrogens is 287 g/mol. The van der Waals surface area contributed by atoms with Gasteiger partial charge >= 0.3 is 6.18 Å².